The van der Waals surface area contributed by atoms with E-state index in [-0.39, 0.29) is 6.42 Å². The molecular formula is C25H29N3O2S. The minimum Gasteiger partial charge on any atom is -0.481 e. The van der Waals surface area contributed by atoms with Gasteiger partial charge in [0.25, 0.3) is 0 Å². The van der Waals surface area contributed by atoms with Crippen molar-refractivity contribution in [2.45, 2.75) is 52.4 Å². The van der Waals surface area contributed by atoms with E-state index < -0.39 is 5.97 Å². The number of aromatic nitrogens is 2. The molecule has 2 N–H and O–H groups in total. The zero-order valence-electron chi connectivity index (χ0n) is 18.1. The number of allylic oxidation sites excluding steroid dienone is 1. The molecule has 0 saturated heterocycles. The molecule has 0 atom stereocenters. The number of aryl methyl sites for hydroxylation is 2. The Bertz CT molecular complexity index is 1040. The van der Waals surface area contributed by atoms with Gasteiger partial charge in [0, 0.05) is 21.8 Å². The second-order valence-electron chi connectivity index (χ2n) is 7.57. The predicted octanol–water partition coefficient (Wildman–Crippen LogP) is 6.35. The molecular weight excluding hydrogens is 406 g/mol. The molecule has 31 heavy (non-hydrogen) atoms. The van der Waals surface area contributed by atoms with Crippen LogP contribution in [-0.4, -0.2) is 21.0 Å². The number of thiophene rings is 1. The van der Waals surface area contributed by atoms with Crippen LogP contribution in [0.1, 0.15) is 47.9 Å². The maximum atomic E-state index is 10.9. The molecule has 5 nitrogen and oxygen atoms in total. The minimum absolute atomic E-state index is 0.0116. The zero-order valence-corrected chi connectivity index (χ0v) is 19.0. The number of carbonyl (C=O) groups is 1. The molecule has 2 heterocycles. The molecule has 1 aromatic carbocycles. The number of hydrogen-bond donors (Lipinski definition) is 2. The van der Waals surface area contributed by atoms with Crippen molar-refractivity contribution in [1.29, 1.82) is 0 Å². The van der Waals surface area contributed by atoms with Crippen molar-refractivity contribution in [2.75, 3.05) is 5.32 Å². The molecule has 0 aliphatic rings. The number of benzene rings is 1. The second kappa shape index (κ2) is 10.9. The van der Waals surface area contributed by atoms with Gasteiger partial charge in [-0.15, -0.1) is 17.9 Å². The van der Waals surface area contributed by atoms with Gasteiger partial charge in [-0.2, -0.15) is 0 Å². The Morgan fingerprint density at radius 2 is 1.94 bits per heavy atom. The number of carboxylic acids is 1. The standard InChI is InChI=1S/C25H29N3O2S/c1-4-6-7-9-20-14-15-22(31-20)25-26-17(3)21(8-5-2)24(28-25)27-19-12-10-18(11-13-19)16-23(29)30/h5,10-15H,2,4,6-9,16H2,1,3H3,(H,29,30)(H,26,27,28). The maximum Gasteiger partial charge on any atom is 0.307 e. The summed E-state index contributed by atoms with van der Waals surface area (Å²) in [7, 11) is 0. The molecule has 0 unspecified atom stereocenters. The van der Waals surface area contributed by atoms with Crippen LogP contribution in [0.5, 0.6) is 0 Å². The number of carboxylic acid groups (broad SMARTS) is 1. The van der Waals surface area contributed by atoms with Gasteiger partial charge < -0.3 is 10.4 Å². The van der Waals surface area contributed by atoms with Gasteiger partial charge in [0.1, 0.15) is 5.82 Å². The fourth-order valence-electron chi connectivity index (χ4n) is 3.40. The topological polar surface area (TPSA) is 75.1 Å². The van der Waals surface area contributed by atoms with Gasteiger partial charge >= 0.3 is 5.97 Å². The number of rotatable bonds is 11. The van der Waals surface area contributed by atoms with Gasteiger partial charge in [-0.25, -0.2) is 9.97 Å². The molecule has 0 radical (unpaired) electrons. The first-order chi connectivity index (χ1) is 15.0. The van der Waals surface area contributed by atoms with E-state index in [0.717, 1.165) is 45.4 Å². The third-order valence-electron chi connectivity index (χ3n) is 5.04. The summed E-state index contributed by atoms with van der Waals surface area (Å²) in [5, 5.41) is 12.4. The third-order valence-corrected chi connectivity index (χ3v) is 6.18. The molecule has 3 rings (SSSR count). The lowest BCUT2D eigenvalue weighted by atomic mass is 10.1. The summed E-state index contributed by atoms with van der Waals surface area (Å²) in [6.45, 7) is 8.09. The number of nitrogens with zero attached hydrogens (tertiary/aromatic N) is 2. The lowest BCUT2D eigenvalue weighted by Gasteiger charge is -2.14. The number of hydrogen-bond acceptors (Lipinski definition) is 5. The molecule has 0 aliphatic carbocycles. The lowest BCUT2D eigenvalue weighted by Crippen LogP contribution is -2.05. The number of anilines is 2. The van der Waals surface area contributed by atoms with Crippen molar-refractivity contribution < 1.29 is 9.90 Å². The van der Waals surface area contributed by atoms with E-state index >= 15 is 0 Å². The van der Waals surface area contributed by atoms with Crippen molar-refractivity contribution >= 4 is 28.8 Å². The summed E-state index contributed by atoms with van der Waals surface area (Å²) < 4.78 is 0. The Morgan fingerprint density at radius 3 is 2.61 bits per heavy atom. The Labute approximate surface area is 187 Å². The molecule has 0 saturated carbocycles. The summed E-state index contributed by atoms with van der Waals surface area (Å²) in [6, 6.07) is 11.7. The second-order valence-corrected chi connectivity index (χ2v) is 8.74. The van der Waals surface area contributed by atoms with Crippen LogP contribution in [-0.2, 0) is 24.1 Å². The smallest absolute Gasteiger partial charge is 0.307 e. The summed E-state index contributed by atoms with van der Waals surface area (Å²) in [6.07, 6.45) is 7.30. The fourth-order valence-corrected chi connectivity index (χ4v) is 4.38. The summed E-state index contributed by atoms with van der Waals surface area (Å²) in [4.78, 5) is 23.0. The average Bonchev–Trinajstić information content (AvgIpc) is 3.20. The van der Waals surface area contributed by atoms with Crippen LogP contribution < -0.4 is 5.32 Å². The van der Waals surface area contributed by atoms with Crippen LogP contribution in [0.3, 0.4) is 0 Å². The zero-order chi connectivity index (χ0) is 22.2. The lowest BCUT2D eigenvalue weighted by molar-refractivity contribution is -0.136. The quantitative estimate of drug-likeness (QED) is 0.271. The van der Waals surface area contributed by atoms with Crippen LogP contribution in [0.15, 0.2) is 49.1 Å². The number of nitrogens with one attached hydrogen (secondary N) is 1. The van der Waals surface area contributed by atoms with Crippen molar-refractivity contribution in [1.82, 2.24) is 9.97 Å². The van der Waals surface area contributed by atoms with Crippen LogP contribution in [0.4, 0.5) is 11.5 Å². The highest BCUT2D eigenvalue weighted by Gasteiger charge is 2.14. The molecule has 0 spiro atoms. The molecule has 0 aliphatic heterocycles. The first-order valence-corrected chi connectivity index (χ1v) is 11.5. The van der Waals surface area contributed by atoms with E-state index in [0.29, 0.717) is 6.42 Å². The normalized spacial score (nSPS) is 10.8. The first kappa shape index (κ1) is 22.7. The van der Waals surface area contributed by atoms with Gasteiger partial charge in [-0.1, -0.05) is 38.0 Å². The summed E-state index contributed by atoms with van der Waals surface area (Å²) in [5.74, 6) is 0.645. The van der Waals surface area contributed by atoms with Crippen LogP contribution in [0.25, 0.3) is 10.7 Å². The van der Waals surface area contributed by atoms with Gasteiger partial charge in [0.2, 0.25) is 0 Å². The van der Waals surface area contributed by atoms with E-state index in [4.69, 9.17) is 15.1 Å². The largest absolute Gasteiger partial charge is 0.481 e. The average molecular weight is 436 g/mol. The van der Waals surface area contributed by atoms with E-state index in [9.17, 15) is 4.79 Å². The summed E-state index contributed by atoms with van der Waals surface area (Å²) >= 11 is 1.76. The van der Waals surface area contributed by atoms with Crippen molar-refractivity contribution in [3.05, 3.63) is 70.8 Å². The minimum atomic E-state index is -0.838. The molecule has 0 amide bonds. The predicted molar refractivity (Wildman–Crippen MR) is 128 cm³/mol. The SMILES string of the molecule is C=CCc1c(C)nc(-c2ccc(CCCCC)s2)nc1Nc1ccc(CC(=O)O)cc1. The summed E-state index contributed by atoms with van der Waals surface area (Å²) in [5.41, 5.74) is 3.55. The van der Waals surface area contributed by atoms with Gasteiger partial charge in [0.15, 0.2) is 5.82 Å². The number of aliphatic carboxylic acids is 1. The molecule has 6 heteroatoms. The Hall–Kier alpha value is -2.99. The van der Waals surface area contributed by atoms with E-state index in [1.807, 2.05) is 37.3 Å². The fraction of sp³-hybridized carbons (Fsp3) is 0.320. The van der Waals surface area contributed by atoms with Crippen LogP contribution >= 0.6 is 11.3 Å². The van der Waals surface area contributed by atoms with E-state index in [2.05, 4.69) is 31.0 Å². The molecule has 2 aromatic heterocycles. The highest BCUT2D eigenvalue weighted by Crippen LogP contribution is 2.30. The molecule has 0 bridgehead atoms. The Balaban J connectivity index is 1.87. The highest BCUT2D eigenvalue weighted by molar-refractivity contribution is 7.15. The Morgan fingerprint density at radius 1 is 1.16 bits per heavy atom. The first-order valence-electron chi connectivity index (χ1n) is 10.7. The van der Waals surface area contributed by atoms with Crippen molar-refractivity contribution in [3.63, 3.8) is 0 Å². The molecule has 3 aromatic rings. The van der Waals surface area contributed by atoms with Gasteiger partial charge in [-0.3, -0.25) is 4.79 Å². The number of unbranched alkanes of at least 4 members (excludes halogenated alkanes) is 2. The van der Waals surface area contributed by atoms with Crippen molar-refractivity contribution in [3.8, 4) is 10.7 Å². The monoisotopic (exact) mass is 435 g/mol. The highest BCUT2D eigenvalue weighted by atomic mass is 32.1. The molecule has 162 valence electrons. The van der Waals surface area contributed by atoms with Crippen molar-refractivity contribution in [2.24, 2.45) is 0 Å². The van der Waals surface area contributed by atoms with Gasteiger partial charge in [0.05, 0.1) is 11.3 Å². The van der Waals surface area contributed by atoms with Crippen LogP contribution in [0.2, 0.25) is 0 Å². The van der Waals surface area contributed by atoms with Crippen LogP contribution in [0, 0.1) is 6.92 Å². The molecule has 0 fully saturated rings. The van der Waals surface area contributed by atoms with E-state index in [1.165, 1.54) is 24.1 Å². The maximum absolute atomic E-state index is 10.9. The van der Waals surface area contributed by atoms with Gasteiger partial charge in [-0.05, 0) is 56.0 Å². The Kier molecular flexibility index (Phi) is 7.95. The van der Waals surface area contributed by atoms with E-state index in [1.54, 1.807) is 11.3 Å². The third kappa shape index (κ3) is 6.25.